The number of benzene rings is 3. The second-order valence-electron chi connectivity index (χ2n) is 11.0. The maximum atomic E-state index is 13.8. The van der Waals surface area contributed by atoms with Crippen molar-refractivity contribution in [3.8, 4) is 0 Å². The Morgan fingerprint density at radius 3 is 2.43 bits per heavy atom. The van der Waals surface area contributed by atoms with E-state index < -0.39 is 40.7 Å². The first-order chi connectivity index (χ1) is 20.0. The van der Waals surface area contributed by atoms with E-state index in [0.29, 0.717) is 12.1 Å². The summed E-state index contributed by atoms with van der Waals surface area (Å²) in [6.07, 6.45) is -1.50. The summed E-state index contributed by atoms with van der Waals surface area (Å²) in [6.45, 7) is 7.79. The molecule has 0 aliphatic carbocycles. The first-order valence-electron chi connectivity index (χ1n) is 13.8. The minimum absolute atomic E-state index is 0.151. The van der Waals surface area contributed by atoms with Gasteiger partial charge in [0.2, 0.25) is 5.91 Å². The monoisotopic (exact) mass is 592 g/mol. The second kappa shape index (κ2) is 13.4. The van der Waals surface area contributed by atoms with Crippen molar-refractivity contribution in [2.24, 2.45) is 0 Å². The Morgan fingerprint density at radius 1 is 1.02 bits per heavy atom. The van der Waals surface area contributed by atoms with E-state index in [9.17, 15) is 23.9 Å². The molecule has 1 fully saturated rings. The van der Waals surface area contributed by atoms with Crippen molar-refractivity contribution in [1.82, 2.24) is 15.5 Å². The number of carbonyl (C=O) groups excluding carboxylic acids is 3. The highest BCUT2D eigenvalue weighted by molar-refractivity contribution is 8.00. The Hall–Kier alpha value is -3.89. The van der Waals surface area contributed by atoms with Gasteiger partial charge in [0, 0.05) is 17.0 Å². The zero-order valence-corrected chi connectivity index (χ0v) is 25.0. The van der Waals surface area contributed by atoms with E-state index in [1.807, 2.05) is 75.4 Å². The van der Waals surface area contributed by atoms with E-state index in [4.69, 9.17) is 0 Å². The molecule has 1 heterocycles. The smallest absolute Gasteiger partial charge is 0.319 e. The number of nitrogens with one attached hydrogen (secondary N) is 3. The summed E-state index contributed by atoms with van der Waals surface area (Å²) in [6, 6.07) is 18.4. The van der Waals surface area contributed by atoms with Gasteiger partial charge in [-0.15, -0.1) is 11.8 Å². The quantitative estimate of drug-likeness (QED) is 0.292. The molecule has 4 N–H and O–H groups in total. The molecule has 3 aromatic rings. The number of urea groups is 1. The van der Waals surface area contributed by atoms with Gasteiger partial charge in [-0.1, -0.05) is 60.7 Å². The van der Waals surface area contributed by atoms with Crippen LogP contribution >= 0.6 is 11.8 Å². The zero-order chi connectivity index (χ0) is 30.4. The topological polar surface area (TPSA) is 111 Å². The van der Waals surface area contributed by atoms with Gasteiger partial charge in [-0.2, -0.15) is 0 Å². The first-order valence-corrected chi connectivity index (χ1v) is 14.8. The van der Waals surface area contributed by atoms with Gasteiger partial charge in [-0.3, -0.25) is 9.59 Å². The molecule has 0 aromatic heterocycles. The number of thioether (sulfide) groups is 1. The van der Waals surface area contributed by atoms with Crippen LogP contribution in [0.2, 0.25) is 0 Å². The van der Waals surface area contributed by atoms with E-state index in [-0.39, 0.29) is 23.9 Å². The Bertz CT molecular complexity index is 1440. The molecule has 1 aliphatic rings. The summed E-state index contributed by atoms with van der Waals surface area (Å²) in [5, 5.41) is 19.7. The van der Waals surface area contributed by atoms with E-state index in [2.05, 4.69) is 16.0 Å². The third-order valence-electron chi connectivity index (χ3n) is 7.49. The average Bonchev–Trinajstić information content (AvgIpc) is 3.28. The Labute approximate surface area is 250 Å². The van der Waals surface area contributed by atoms with Crippen LogP contribution in [0.3, 0.4) is 0 Å². The summed E-state index contributed by atoms with van der Waals surface area (Å²) < 4.78 is 13.2. The fourth-order valence-corrected chi connectivity index (χ4v) is 6.15. The summed E-state index contributed by atoms with van der Waals surface area (Å²) in [4.78, 5) is 41.7. The summed E-state index contributed by atoms with van der Waals surface area (Å²) in [5.41, 5.74) is 3.73. The lowest BCUT2D eigenvalue weighted by atomic mass is 9.97. The van der Waals surface area contributed by atoms with Crippen molar-refractivity contribution in [2.75, 3.05) is 11.2 Å². The Morgan fingerprint density at radius 2 is 1.71 bits per heavy atom. The van der Waals surface area contributed by atoms with E-state index >= 15 is 0 Å². The lowest BCUT2D eigenvalue weighted by Crippen LogP contribution is -2.59. The molecule has 3 aromatic carbocycles. The van der Waals surface area contributed by atoms with Gasteiger partial charge >= 0.3 is 6.03 Å². The molecule has 0 bridgehead atoms. The summed E-state index contributed by atoms with van der Waals surface area (Å²) >= 11 is 1.45. The van der Waals surface area contributed by atoms with Crippen LogP contribution in [-0.2, 0) is 22.6 Å². The maximum absolute atomic E-state index is 13.8. The third kappa shape index (κ3) is 7.49. The highest BCUT2D eigenvalue weighted by Gasteiger charge is 2.49. The zero-order valence-electron chi connectivity index (χ0n) is 24.2. The van der Waals surface area contributed by atoms with Gasteiger partial charge in [0.15, 0.2) is 6.10 Å². The number of aliphatic hydroxyl groups excluding tert-OH is 1. The number of halogens is 1. The van der Waals surface area contributed by atoms with Crippen molar-refractivity contribution in [2.45, 2.75) is 63.6 Å². The molecule has 1 saturated heterocycles. The number of aliphatic hydroxyl groups is 1. The predicted molar refractivity (Wildman–Crippen MR) is 163 cm³/mol. The lowest BCUT2D eigenvalue weighted by Gasteiger charge is -2.33. The van der Waals surface area contributed by atoms with Crippen molar-refractivity contribution in [3.63, 3.8) is 0 Å². The highest BCUT2D eigenvalue weighted by Crippen LogP contribution is 2.40. The van der Waals surface area contributed by atoms with Crippen LogP contribution in [0.1, 0.15) is 36.1 Å². The number of rotatable bonds is 9. The van der Waals surface area contributed by atoms with Crippen LogP contribution in [0.4, 0.5) is 14.9 Å². The normalized spacial score (nSPS) is 17.3. The van der Waals surface area contributed by atoms with Gasteiger partial charge < -0.3 is 26.0 Å². The molecule has 10 heteroatoms. The number of carbonyl (C=O) groups is 3. The van der Waals surface area contributed by atoms with Gasteiger partial charge in [0.05, 0.1) is 11.9 Å². The molecule has 0 saturated carbocycles. The van der Waals surface area contributed by atoms with E-state index in [1.54, 1.807) is 13.0 Å². The average molecular weight is 593 g/mol. The van der Waals surface area contributed by atoms with Crippen LogP contribution < -0.4 is 16.0 Å². The van der Waals surface area contributed by atoms with Gasteiger partial charge in [-0.05, 0) is 68.5 Å². The second-order valence-corrected chi connectivity index (χ2v) is 12.6. The number of aryl methyl sites for hydroxylation is 2. The van der Waals surface area contributed by atoms with Crippen molar-refractivity contribution in [1.29, 1.82) is 0 Å². The van der Waals surface area contributed by atoms with Crippen molar-refractivity contribution in [3.05, 3.63) is 101 Å². The minimum atomic E-state index is -1.65. The minimum Gasteiger partial charge on any atom is -0.381 e. The fraction of sp³-hybridized carbons (Fsp3) is 0.344. The standard InChI is InChI=1S/C32H37FN4O4S/c1-20-10-8-9-13-23(20)18-34-29(39)28-32(3,4)42-19-37(28)30(40)27(38)26(16-22-11-6-5-7-12-22)36-31(41)35-25-17-24(33)15-14-21(25)2/h5-15,17,26-28,38H,16,18-19H2,1-4H3,(H,34,39)(H2,35,36,41). The molecule has 0 spiro atoms. The van der Waals surface area contributed by atoms with Gasteiger partial charge in [0.25, 0.3) is 5.91 Å². The number of amides is 4. The molecule has 8 nitrogen and oxygen atoms in total. The molecule has 222 valence electrons. The largest absolute Gasteiger partial charge is 0.381 e. The van der Waals surface area contributed by atoms with Crippen LogP contribution in [-0.4, -0.2) is 56.7 Å². The number of hydrogen-bond acceptors (Lipinski definition) is 5. The molecule has 4 rings (SSSR count). The highest BCUT2D eigenvalue weighted by atomic mass is 32.2. The Balaban J connectivity index is 1.52. The first kappa shape index (κ1) is 31.1. The van der Waals surface area contributed by atoms with Crippen LogP contribution in [0, 0.1) is 19.7 Å². The molecule has 4 amide bonds. The number of anilines is 1. The van der Waals surface area contributed by atoms with Gasteiger partial charge in [-0.25, -0.2) is 9.18 Å². The Kier molecular flexibility index (Phi) is 9.90. The molecule has 42 heavy (non-hydrogen) atoms. The van der Waals surface area contributed by atoms with E-state index in [0.717, 1.165) is 16.7 Å². The van der Waals surface area contributed by atoms with Crippen LogP contribution in [0.5, 0.6) is 0 Å². The van der Waals surface area contributed by atoms with Gasteiger partial charge in [0.1, 0.15) is 11.9 Å². The molecular weight excluding hydrogens is 555 g/mol. The maximum Gasteiger partial charge on any atom is 0.319 e. The molecule has 0 radical (unpaired) electrons. The molecule has 3 unspecified atom stereocenters. The number of hydrogen-bond donors (Lipinski definition) is 4. The van der Waals surface area contributed by atoms with Crippen LogP contribution in [0.25, 0.3) is 0 Å². The third-order valence-corrected chi connectivity index (χ3v) is 8.86. The summed E-state index contributed by atoms with van der Waals surface area (Å²) in [7, 11) is 0. The van der Waals surface area contributed by atoms with E-state index in [1.165, 1.54) is 28.8 Å². The fourth-order valence-electron chi connectivity index (χ4n) is 5.01. The molecular formula is C32H37FN4O4S. The predicted octanol–water partition coefficient (Wildman–Crippen LogP) is 4.53. The summed E-state index contributed by atoms with van der Waals surface area (Å²) in [5.74, 6) is -1.28. The van der Waals surface area contributed by atoms with Crippen LogP contribution in [0.15, 0.2) is 72.8 Å². The van der Waals surface area contributed by atoms with Crippen molar-refractivity contribution >= 4 is 35.3 Å². The molecule has 3 atom stereocenters. The SMILES string of the molecule is Cc1ccccc1CNC(=O)C1N(C(=O)C(O)C(Cc2ccccc2)NC(=O)Nc2cc(F)ccc2C)CSC1(C)C. The number of nitrogens with zero attached hydrogens (tertiary/aromatic N) is 1. The lowest BCUT2D eigenvalue weighted by molar-refractivity contribution is -0.147. The van der Waals surface area contributed by atoms with Crippen molar-refractivity contribution < 1.29 is 23.9 Å². The molecule has 1 aliphatic heterocycles.